The van der Waals surface area contributed by atoms with Crippen molar-refractivity contribution in [3.8, 4) is 0 Å². The number of Topliss-reactive ketones (excluding diaryl/α,β-unsaturated/α-hetero) is 1. The van der Waals surface area contributed by atoms with E-state index in [-0.39, 0.29) is 23.7 Å². The van der Waals surface area contributed by atoms with Gasteiger partial charge < -0.3 is 5.11 Å². The molecule has 0 radical (unpaired) electrons. The Balaban J connectivity index is 2.36. The normalized spacial score (nSPS) is 30.0. The number of hydrogen-bond acceptors (Lipinski definition) is 2. The summed E-state index contributed by atoms with van der Waals surface area (Å²) in [6, 6.07) is 9.75. The summed E-state index contributed by atoms with van der Waals surface area (Å²) in [5.41, 5.74) is 0.669. The van der Waals surface area contributed by atoms with Crippen LogP contribution in [0.5, 0.6) is 0 Å². The highest BCUT2D eigenvalue weighted by Crippen LogP contribution is 2.54. The van der Waals surface area contributed by atoms with Gasteiger partial charge in [-0.1, -0.05) is 30.3 Å². The smallest absolute Gasteiger partial charge is 0.140 e. The van der Waals surface area contributed by atoms with Gasteiger partial charge in [-0.05, 0) is 24.8 Å². The zero-order chi connectivity index (χ0) is 10.2. The summed E-state index contributed by atoms with van der Waals surface area (Å²) in [7, 11) is 0. The minimum absolute atomic E-state index is 0.106. The summed E-state index contributed by atoms with van der Waals surface area (Å²) in [6.07, 6.45) is 0.794. The summed E-state index contributed by atoms with van der Waals surface area (Å²) in [5, 5.41) is 9.10. The van der Waals surface area contributed by atoms with E-state index in [4.69, 9.17) is 5.11 Å². The lowest BCUT2D eigenvalue weighted by Gasteiger charge is -2.13. The van der Waals surface area contributed by atoms with Crippen LogP contribution in [0.4, 0.5) is 0 Å². The van der Waals surface area contributed by atoms with E-state index in [1.165, 1.54) is 0 Å². The lowest BCUT2D eigenvalue weighted by atomic mass is 9.90. The minimum Gasteiger partial charge on any atom is -0.396 e. The van der Waals surface area contributed by atoms with Gasteiger partial charge in [-0.2, -0.15) is 0 Å². The number of aliphatic hydroxyl groups excluding tert-OH is 1. The number of hydrogen-bond donors (Lipinski definition) is 1. The Bertz CT molecular complexity index is 345. The summed E-state index contributed by atoms with van der Waals surface area (Å²) in [5.74, 6) is 0.296. The van der Waals surface area contributed by atoms with E-state index in [9.17, 15) is 4.79 Å². The summed E-state index contributed by atoms with van der Waals surface area (Å²) < 4.78 is 0. The van der Waals surface area contributed by atoms with Gasteiger partial charge in [0, 0.05) is 6.61 Å². The minimum atomic E-state index is -0.379. The molecule has 1 saturated carbocycles. The molecule has 0 saturated heterocycles. The topological polar surface area (TPSA) is 37.3 Å². The fraction of sp³-hybridized carbons (Fsp3) is 0.417. The predicted molar refractivity (Wildman–Crippen MR) is 54.0 cm³/mol. The van der Waals surface area contributed by atoms with Gasteiger partial charge in [0.05, 0.1) is 5.41 Å². The van der Waals surface area contributed by atoms with Crippen LogP contribution in [0, 0.1) is 5.92 Å². The summed E-state index contributed by atoms with van der Waals surface area (Å²) in [4.78, 5) is 11.6. The molecule has 1 aliphatic rings. The average Bonchev–Trinajstić information content (AvgIpc) is 2.94. The number of rotatable bonds is 3. The third-order valence-corrected chi connectivity index (χ3v) is 3.24. The van der Waals surface area contributed by atoms with E-state index >= 15 is 0 Å². The highest BCUT2D eigenvalue weighted by Gasteiger charge is 2.58. The average molecular weight is 190 g/mol. The number of carbonyl (C=O) groups is 1. The molecule has 0 bridgehead atoms. The largest absolute Gasteiger partial charge is 0.396 e. The summed E-state index contributed by atoms with van der Waals surface area (Å²) >= 11 is 0. The van der Waals surface area contributed by atoms with Crippen molar-refractivity contribution in [2.75, 3.05) is 6.61 Å². The Morgan fingerprint density at radius 2 is 2.14 bits per heavy atom. The second-order valence-corrected chi connectivity index (χ2v) is 3.98. The molecule has 1 aliphatic carbocycles. The Labute approximate surface area is 83.6 Å². The van der Waals surface area contributed by atoms with Crippen LogP contribution in [0.15, 0.2) is 30.3 Å². The van der Waals surface area contributed by atoms with Crippen LogP contribution in [0.25, 0.3) is 0 Å². The Morgan fingerprint density at radius 1 is 1.50 bits per heavy atom. The molecule has 2 nitrogen and oxygen atoms in total. The first kappa shape index (κ1) is 9.41. The molecule has 0 aromatic heterocycles. The first-order valence-electron chi connectivity index (χ1n) is 4.89. The van der Waals surface area contributed by atoms with Gasteiger partial charge in [-0.3, -0.25) is 4.79 Å². The Hall–Kier alpha value is -1.15. The molecule has 1 fully saturated rings. The van der Waals surface area contributed by atoms with Crippen LogP contribution >= 0.6 is 0 Å². The fourth-order valence-corrected chi connectivity index (χ4v) is 2.27. The maximum atomic E-state index is 11.6. The molecule has 74 valence electrons. The van der Waals surface area contributed by atoms with Gasteiger partial charge in [0.1, 0.15) is 5.78 Å². The van der Waals surface area contributed by atoms with Gasteiger partial charge in [0.15, 0.2) is 0 Å². The van der Waals surface area contributed by atoms with E-state index in [2.05, 4.69) is 0 Å². The van der Waals surface area contributed by atoms with Crippen LogP contribution < -0.4 is 0 Å². The molecule has 1 N–H and O–H groups in total. The van der Waals surface area contributed by atoms with Crippen molar-refractivity contribution in [3.63, 3.8) is 0 Å². The quantitative estimate of drug-likeness (QED) is 0.784. The monoisotopic (exact) mass is 190 g/mol. The van der Waals surface area contributed by atoms with Gasteiger partial charge in [0.25, 0.3) is 0 Å². The number of ketones is 1. The van der Waals surface area contributed by atoms with E-state index < -0.39 is 0 Å². The Kier molecular flexibility index (Phi) is 2.16. The maximum Gasteiger partial charge on any atom is 0.140 e. The van der Waals surface area contributed by atoms with Crippen molar-refractivity contribution < 1.29 is 9.90 Å². The lowest BCUT2D eigenvalue weighted by Crippen LogP contribution is -2.21. The molecule has 14 heavy (non-hydrogen) atoms. The molecule has 2 heteroatoms. The number of carbonyl (C=O) groups excluding carboxylic acids is 1. The van der Waals surface area contributed by atoms with Crippen LogP contribution in [-0.4, -0.2) is 17.5 Å². The van der Waals surface area contributed by atoms with Crippen LogP contribution in [-0.2, 0) is 10.2 Å². The second-order valence-electron chi connectivity index (χ2n) is 3.98. The maximum absolute atomic E-state index is 11.6. The van der Waals surface area contributed by atoms with Gasteiger partial charge >= 0.3 is 0 Å². The van der Waals surface area contributed by atoms with Crippen molar-refractivity contribution in [3.05, 3.63) is 35.9 Å². The first-order valence-corrected chi connectivity index (χ1v) is 4.89. The number of aliphatic hydroxyl groups is 1. The highest BCUT2D eigenvalue weighted by atomic mass is 16.3. The second kappa shape index (κ2) is 3.21. The SMILES string of the molecule is CC(=O)[C@@]1(c2ccccc2)C[C@H]1CO. The van der Waals surface area contributed by atoms with Gasteiger partial charge in [-0.15, -0.1) is 0 Å². The lowest BCUT2D eigenvalue weighted by molar-refractivity contribution is -0.119. The molecule has 0 spiro atoms. The van der Waals surface area contributed by atoms with E-state index in [0.717, 1.165) is 12.0 Å². The van der Waals surface area contributed by atoms with Crippen molar-refractivity contribution in [1.82, 2.24) is 0 Å². The van der Waals surface area contributed by atoms with Crippen LogP contribution in [0.1, 0.15) is 18.9 Å². The predicted octanol–water partition coefficient (Wildman–Crippen LogP) is 1.53. The zero-order valence-corrected chi connectivity index (χ0v) is 8.23. The third kappa shape index (κ3) is 1.18. The standard InChI is InChI=1S/C12H14O2/c1-9(14)12(7-11(12)8-13)10-5-3-2-4-6-10/h2-6,11,13H,7-8H2,1H3/t11-,12+/m0/s1. The zero-order valence-electron chi connectivity index (χ0n) is 8.23. The molecule has 2 rings (SSSR count). The molecule has 1 aromatic rings. The molecule has 0 heterocycles. The van der Waals surface area contributed by atoms with Crippen molar-refractivity contribution in [2.24, 2.45) is 5.92 Å². The first-order chi connectivity index (χ1) is 6.71. The molecule has 0 amide bonds. The van der Waals surface area contributed by atoms with E-state index in [1.54, 1.807) is 6.92 Å². The van der Waals surface area contributed by atoms with Crippen LogP contribution in [0.3, 0.4) is 0 Å². The fourth-order valence-electron chi connectivity index (χ4n) is 2.27. The van der Waals surface area contributed by atoms with Crippen molar-refractivity contribution in [2.45, 2.75) is 18.8 Å². The summed E-state index contributed by atoms with van der Waals surface area (Å²) in [6.45, 7) is 1.72. The highest BCUT2D eigenvalue weighted by molar-refractivity contribution is 5.91. The van der Waals surface area contributed by atoms with E-state index in [0.29, 0.717) is 0 Å². The van der Waals surface area contributed by atoms with Crippen molar-refractivity contribution >= 4 is 5.78 Å². The Morgan fingerprint density at radius 3 is 2.57 bits per heavy atom. The molecular formula is C12H14O2. The third-order valence-electron chi connectivity index (χ3n) is 3.24. The molecular weight excluding hydrogens is 176 g/mol. The number of benzene rings is 1. The molecule has 2 atom stereocenters. The van der Waals surface area contributed by atoms with Crippen LogP contribution in [0.2, 0.25) is 0 Å². The van der Waals surface area contributed by atoms with E-state index in [1.807, 2.05) is 30.3 Å². The molecule has 0 aliphatic heterocycles. The molecule has 1 aromatic carbocycles. The molecule has 0 unspecified atom stereocenters. The van der Waals surface area contributed by atoms with Gasteiger partial charge in [0.2, 0.25) is 0 Å². The van der Waals surface area contributed by atoms with Gasteiger partial charge in [-0.25, -0.2) is 0 Å². The van der Waals surface area contributed by atoms with Crippen molar-refractivity contribution in [1.29, 1.82) is 0 Å².